The molecule has 0 spiro atoms. The fourth-order valence-corrected chi connectivity index (χ4v) is 3.65. The van der Waals surface area contributed by atoms with E-state index in [1.54, 1.807) is 18.7 Å². The average molecular weight is 395 g/mol. The molecule has 0 atom stereocenters. The van der Waals surface area contributed by atoms with Gasteiger partial charge in [0.2, 0.25) is 11.6 Å². The van der Waals surface area contributed by atoms with Crippen LogP contribution in [0.3, 0.4) is 0 Å². The molecule has 4 rings (SSSR count). The molecule has 0 aliphatic carbocycles. The van der Waals surface area contributed by atoms with Crippen molar-refractivity contribution in [1.82, 2.24) is 14.5 Å². The zero-order valence-corrected chi connectivity index (χ0v) is 16.3. The maximum atomic E-state index is 13.0. The van der Waals surface area contributed by atoms with Crippen LogP contribution in [-0.2, 0) is 29.0 Å². The molecule has 0 saturated heterocycles. The van der Waals surface area contributed by atoms with Crippen molar-refractivity contribution in [3.63, 3.8) is 0 Å². The summed E-state index contributed by atoms with van der Waals surface area (Å²) < 4.78 is 11.7. The Morgan fingerprint density at radius 2 is 2.00 bits per heavy atom. The molecular formula is C21H21N3O5. The average Bonchev–Trinajstić information content (AvgIpc) is 3.06. The maximum absolute atomic E-state index is 13.0. The molecule has 0 radical (unpaired) electrons. The Morgan fingerprint density at radius 3 is 2.76 bits per heavy atom. The van der Waals surface area contributed by atoms with Gasteiger partial charge in [-0.25, -0.2) is 9.78 Å². The summed E-state index contributed by atoms with van der Waals surface area (Å²) in [6.07, 6.45) is 2.06. The highest BCUT2D eigenvalue weighted by Gasteiger charge is 2.25. The third-order valence-electron chi connectivity index (χ3n) is 5.12. The highest BCUT2D eigenvalue weighted by molar-refractivity contribution is 6.03. The van der Waals surface area contributed by atoms with Gasteiger partial charge >= 0.3 is 5.97 Å². The number of carbonyl (C=O) groups excluding carboxylic acids is 2. The van der Waals surface area contributed by atoms with Gasteiger partial charge in [0, 0.05) is 13.1 Å². The molecule has 150 valence electrons. The van der Waals surface area contributed by atoms with Crippen molar-refractivity contribution < 1.29 is 18.7 Å². The van der Waals surface area contributed by atoms with Crippen LogP contribution in [0.5, 0.6) is 0 Å². The van der Waals surface area contributed by atoms with Gasteiger partial charge in [0.05, 0.1) is 6.61 Å². The topological polar surface area (TPSA) is 94.6 Å². The van der Waals surface area contributed by atoms with E-state index in [4.69, 9.17) is 9.15 Å². The van der Waals surface area contributed by atoms with Crippen molar-refractivity contribution in [3.8, 4) is 0 Å². The van der Waals surface area contributed by atoms with Crippen LogP contribution in [0.1, 0.15) is 34.2 Å². The molecule has 2 aromatic heterocycles. The number of aryl methyl sites for hydroxylation is 1. The molecule has 29 heavy (non-hydrogen) atoms. The van der Waals surface area contributed by atoms with E-state index in [0.29, 0.717) is 13.1 Å². The van der Waals surface area contributed by atoms with Gasteiger partial charge in [-0.3, -0.25) is 14.2 Å². The van der Waals surface area contributed by atoms with Crippen LogP contribution in [0.25, 0.3) is 11.1 Å². The van der Waals surface area contributed by atoms with Crippen LogP contribution < -0.4 is 5.56 Å². The Labute approximate surface area is 166 Å². The standard InChI is InChI=1S/C21H21N3O5/c1-3-28-21(27)17-13(2)29-19-18(17)20(26)24(12-22-19)11-16(25)23-9-8-14-6-4-5-7-15(14)10-23/h4-7,12H,3,8-11H2,1-2H3. The predicted molar refractivity (Wildman–Crippen MR) is 105 cm³/mol. The molecule has 0 fully saturated rings. The number of esters is 1. The molecular weight excluding hydrogens is 374 g/mol. The molecule has 3 aromatic rings. The number of ether oxygens (including phenoxy) is 1. The first-order valence-electron chi connectivity index (χ1n) is 9.49. The van der Waals surface area contributed by atoms with Gasteiger partial charge in [0.25, 0.3) is 5.56 Å². The monoisotopic (exact) mass is 395 g/mol. The summed E-state index contributed by atoms with van der Waals surface area (Å²) in [7, 11) is 0. The highest BCUT2D eigenvalue weighted by atomic mass is 16.5. The molecule has 3 heterocycles. The van der Waals surface area contributed by atoms with E-state index < -0.39 is 11.5 Å². The van der Waals surface area contributed by atoms with Gasteiger partial charge in [-0.1, -0.05) is 24.3 Å². The van der Waals surface area contributed by atoms with E-state index in [0.717, 1.165) is 12.0 Å². The zero-order chi connectivity index (χ0) is 20.5. The lowest BCUT2D eigenvalue weighted by Crippen LogP contribution is -2.39. The maximum Gasteiger partial charge on any atom is 0.342 e. The summed E-state index contributed by atoms with van der Waals surface area (Å²) in [5.74, 6) is -0.556. The number of hydrogen-bond acceptors (Lipinski definition) is 6. The first-order chi connectivity index (χ1) is 14.0. The van der Waals surface area contributed by atoms with Crippen LogP contribution in [0.2, 0.25) is 0 Å². The second kappa shape index (κ2) is 7.54. The summed E-state index contributed by atoms with van der Waals surface area (Å²) in [6.45, 7) is 4.39. The fourth-order valence-electron chi connectivity index (χ4n) is 3.65. The molecule has 1 aliphatic heterocycles. The quantitative estimate of drug-likeness (QED) is 0.628. The molecule has 0 saturated carbocycles. The number of nitrogens with zero attached hydrogens (tertiary/aromatic N) is 3. The van der Waals surface area contributed by atoms with Crippen molar-refractivity contribution in [2.24, 2.45) is 0 Å². The number of aromatic nitrogens is 2. The van der Waals surface area contributed by atoms with Crippen LogP contribution in [0.4, 0.5) is 0 Å². The van der Waals surface area contributed by atoms with Crippen LogP contribution in [0.15, 0.2) is 39.8 Å². The van der Waals surface area contributed by atoms with Gasteiger partial charge < -0.3 is 14.1 Å². The fraction of sp³-hybridized carbons (Fsp3) is 0.333. The molecule has 1 amide bonds. The third-order valence-corrected chi connectivity index (χ3v) is 5.12. The third kappa shape index (κ3) is 3.41. The van der Waals surface area contributed by atoms with E-state index >= 15 is 0 Å². The number of rotatable bonds is 4. The van der Waals surface area contributed by atoms with Crippen molar-refractivity contribution in [2.45, 2.75) is 33.4 Å². The number of hydrogen-bond donors (Lipinski definition) is 0. The van der Waals surface area contributed by atoms with Crippen molar-refractivity contribution in [2.75, 3.05) is 13.2 Å². The lowest BCUT2D eigenvalue weighted by molar-refractivity contribution is -0.132. The molecule has 0 N–H and O–H groups in total. The zero-order valence-electron chi connectivity index (χ0n) is 16.3. The summed E-state index contributed by atoms with van der Waals surface area (Å²) in [6, 6.07) is 8.02. The first kappa shape index (κ1) is 18.9. The molecule has 0 unspecified atom stereocenters. The second-order valence-corrected chi connectivity index (χ2v) is 6.95. The Bertz CT molecular complexity index is 1160. The number of carbonyl (C=O) groups is 2. The first-order valence-corrected chi connectivity index (χ1v) is 9.49. The van der Waals surface area contributed by atoms with E-state index in [-0.39, 0.29) is 41.5 Å². The number of benzene rings is 1. The van der Waals surface area contributed by atoms with Gasteiger partial charge in [0.15, 0.2) is 0 Å². The minimum Gasteiger partial charge on any atom is -0.462 e. The Kier molecular flexibility index (Phi) is 4.92. The molecule has 1 aromatic carbocycles. The van der Waals surface area contributed by atoms with Crippen molar-refractivity contribution >= 4 is 23.0 Å². The minimum atomic E-state index is -0.639. The number of furan rings is 1. The number of amides is 1. The minimum absolute atomic E-state index is 0.0419. The molecule has 8 heteroatoms. The summed E-state index contributed by atoms with van der Waals surface area (Å²) in [5.41, 5.74) is 1.98. The molecule has 0 bridgehead atoms. The lowest BCUT2D eigenvalue weighted by Gasteiger charge is -2.29. The van der Waals surface area contributed by atoms with Crippen LogP contribution in [-0.4, -0.2) is 39.5 Å². The van der Waals surface area contributed by atoms with E-state index in [2.05, 4.69) is 11.1 Å². The Hall–Kier alpha value is -3.42. The van der Waals surface area contributed by atoms with E-state index in [1.807, 2.05) is 18.2 Å². The predicted octanol–water partition coefficient (Wildman–Crippen LogP) is 2.06. The van der Waals surface area contributed by atoms with Gasteiger partial charge in [-0.2, -0.15) is 0 Å². The van der Waals surface area contributed by atoms with Crippen LogP contribution >= 0.6 is 0 Å². The summed E-state index contributed by atoms with van der Waals surface area (Å²) in [5, 5.41) is 0.0419. The normalized spacial score (nSPS) is 13.4. The Morgan fingerprint density at radius 1 is 1.24 bits per heavy atom. The van der Waals surface area contributed by atoms with Crippen molar-refractivity contribution in [3.05, 3.63) is 63.4 Å². The summed E-state index contributed by atoms with van der Waals surface area (Å²) in [4.78, 5) is 43.9. The highest BCUT2D eigenvalue weighted by Crippen LogP contribution is 2.22. The smallest absolute Gasteiger partial charge is 0.342 e. The van der Waals surface area contributed by atoms with E-state index in [9.17, 15) is 14.4 Å². The van der Waals surface area contributed by atoms with Gasteiger partial charge in [-0.15, -0.1) is 0 Å². The summed E-state index contributed by atoms with van der Waals surface area (Å²) >= 11 is 0. The lowest BCUT2D eigenvalue weighted by atomic mass is 10.00. The Balaban J connectivity index is 1.62. The molecule has 1 aliphatic rings. The van der Waals surface area contributed by atoms with E-state index in [1.165, 1.54) is 16.5 Å². The largest absolute Gasteiger partial charge is 0.462 e. The van der Waals surface area contributed by atoms with Gasteiger partial charge in [0.1, 0.15) is 29.6 Å². The molecule has 8 nitrogen and oxygen atoms in total. The van der Waals surface area contributed by atoms with Crippen molar-refractivity contribution in [1.29, 1.82) is 0 Å². The van der Waals surface area contributed by atoms with Crippen LogP contribution in [0, 0.1) is 6.92 Å². The number of fused-ring (bicyclic) bond motifs is 2. The second-order valence-electron chi connectivity index (χ2n) is 6.95. The van der Waals surface area contributed by atoms with Gasteiger partial charge in [-0.05, 0) is 31.4 Å². The SMILES string of the molecule is CCOC(=O)c1c(C)oc2ncn(CC(=O)N3CCc4ccccc4C3)c(=O)c12.